The SMILES string of the molecule is Cc1cc(NC(=O)CN2CCN(C(=O)c3cnn(-c4ccccc4)n3)CC2)no1. The monoisotopic (exact) mass is 395 g/mol. The van der Waals surface area contributed by atoms with Crippen LogP contribution in [0.3, 0.4) is 0 Å². The largest absolute Gasteiger partial charge is 0.360 e. The first-order chi connectivity index (χ1) is 14.1. The van der Waals surface area contributed by atoms with Crippen molar-refractivity contribution in [3.8, 4) is 5.69 Å². The van der Waals surface area contributed by atoms with Gasteiger partial charge in [0, 0.05) is 32.2 Å². The lowest BCUT2D eigenvalue weighted by Gasteiger charge is -2.33. The Morgan fingerprint density at radius 3 is 2.59 bits per heavy atom. The van der Waals surface area contributed by atoms with E-state index in [0.29, 0.717) is 43.5 Å². The summed E-state index contributed by atoms with van der Waals surface area (Å²) in [6.07, 6.45) is 1.48. The van der Waals surface area contributed by atoms with E-state index in [4.69, 9.17) is 4.52 Å². The van der Waals surface area contributed by atoms with E-state index in [1.165, 1.54) is 11.0 Å². The number of carbonyl (C=O) groups is 2. The average Bonchev–Trinajstić information content (AvgIpc) is 3.38. The molecule has 0 radical (unpaired) electrons. The van der Waals surface area contributed by atoms with Gasteiger partial charge >= 0.3 is 0 Å². The van der Waals surface area contributed by atoms with Gasteiger partial charge in [-0.15, -0.1) is 5.10 Å². The fourth-order valence-corrected chi connectivity index (χ4v) is 3.13. The highest BCUT2D eigenvalue weighted by atomic mass is 16.5. The van der Waals surface area contributed by atoms with Gasteiger partial charge in [-0.3, -0.25) is 14.5 Å². The Morgan fingerprint density at radius 1 is 1.14 bits per heavy atom. The van der Waals surface area contributed by atoms with E-state index in [9.17, 15) is 9.59 Å². The van der Waals surface area contributed by atoms with Crippen LogP contribution in [0.25, 0.3) is 5.69 Å². The topological polar surface area (TPSA) is 109 Å². The molecule has 2 amide bonds. The van der Waals surface area contributed by atoms with Crippen LogP contribution in [0.2, 0.25) is 0 Å². The summed E-state index contributed by atoms with van der Waals surface area (Å²) in [5, 5.41) is 14.9. The maximum atomic E-state index is 12.7. The van der Waals surface area contributed by atoms with Gasteiger partial charge in [-0.25, -0.2) is 0 Å². The molecule has 1 saturated heterocycles. The molecule has 0 unspecified atom stereocenters. The van der Waals surface area contributed by atoms with Crippen LogP contribution in [0.4, 0.5) is 5.82 Å². The molecular formula is C19H21N7O3. The molecule has 3 heterocycles. The number of hydrogen-bond donors (Lipinski definition) is 1. The third-order valence-corrected chi connectivity index (χ3v) is 4.62. The average molecular weight is 395 g/mol. The van der Waals surface area contributed by atoms with Crippen LogP contribution in [0.1, 0.15) is 16.2 Å². The fourth-order valence-electron chi connectivity index (χ4n) is 3.13. The molecule has 10 heteroatoms. The maximum absolute atomic E-state index is 12.7. The number of carbonyl (C=O) groups excluding carboxylic acids is 2. The zero-order valence-electron chi connectivity index (χ0n) is 16.0. The quantitative estimate of drug-likeness (QED) is 0.685. The van der Waals surface area contributed by atoms with Gasteiger partial charge in [0.1, 0.15) is 5.76 Å². The van der Waals surface area contributed by atoms with E-state index in [0.717, 1.165) is 5.69 Å². The van der Waals surface area contributed by atoms with Gasteiger partial charge < -0.3 is 14.7 Å². The number of rotatable bonds is 5. The van der Waals surface area contributed by atoms with Gasteiger partial charge in [0.25, 0.3) is 5.91 Å². The number of anilines is 1. The molecule has 1 aromatic carbocycles. The third-order valence-electron chi connectivity index (χ3n) is 4.62. The Hall–Kier alpha value is -3.53. The summed E-state index contributed by atoms with van der Waals surface area (Å²) in [6, 6.07) is 11.1. The van der Waals surface area contributed by atoms with Crippen molar-refractivity contribution in [3.05, 3.63) is 54.0 Å². The second kappa shape index (κ2) is 8.23. The van der Waals surface area contributed by atoms with Crippen LogP contribution < -0.4 is 5.32 Å². The number of piperazine rings is 1. The first-order valence-electron chi connectivity index (χ1n) is 9.31. The lowest BCUT2D eigenvalue weighted by atomic mass is 10.3. The maximum Gasteiger partial charge on any atom is 0.276 e. The van der Waals surface area contributed by atoms with E-state index < -0.39 is 0 Å². The van der Waals surface area contributed by atoms with Crippen LogP contribution in [0, 0.1) is 6.92 Å². The minimum Gasteiger partial charge on any atom is -0.360 e. The highest BCUT2D eigenvalue weighted by molar-refractivity contribution is 5.92. The van der Waals surface area contributed by atoms with E-state index in [-0.39, 0.29) is 18.4 Å². The zero-order valence-corrected chi connectivity index (χ0v) is 16.0. The zero-order chi connectivity index (χ0) is 20.2. The van der Waals surface area contributed by atoms with Crippen molar-refractivity contribution < 1.29 is 14.1 Å². The molecule has 150 valence electrons. The first kappa shape index (κ1) is 18.8. The Kier molecular flexibility index (Phi) is 5.34. The molecule has 0 aliphatic carbocycles. The minimum atomic E-state index is -0.163. The molecule has 10 nitrogen and oxygen atoms in total. The van der Waals surface area contributed by atoms with Crippen molar-refractivity contribution in [2.45, 2.75) is 6.92 Å². The predicted octanol–water partition coefficient (Wildman–Crippen LogP) is 0.960. The summed E-state index contributed by atoms with van der Waals surface area (Å²) in [5.41, 5.74) is 1.10. The lowest BCUT2D eigenvalue weighted by molar-refractivity contribution is -0.117. The molecule has 0 spiro atoms. The second-order valence-corrected chi connectivity index (χ2v) is 6.79. The van der Waals surface area contributed by atoms with Crippen molar-refractivity contribution in [3.63, 3.8) is 0 Å². The van der Waals surface area contributed by atoms with Gasteiger partial charge in [-0.1, -0.05) is 23.4 Å². The molecule has 0 saturated carbocycles. The summed E-state index contributed by atoms with van der Waals surface area (Å²) in [6.45, 7) is 4.24. The molecule has 0 atom stereocenters. The number of para-hydroxylation sites is 1. The smallest absolute Gasteiger partial charge is 0.276 e. The number of nitrogens with one attached hydrogen (secondary N) is 1. The molecule has 3 aromatic rings. The lowest BCUT2D eigenvalue weighted by Crippen LogP contribution is -2.50. The molecule has 2 aromatic heterocycles. The standard InChI is InChI=1S/C19H21N7O3/c1-14-11-17(23-29-14)21-18(27)13-24-7-9-25(10-8-24)19(28)16-12-20-26(22-16)15-5-3-2-4-6-15/h2-6,11-12H,7-10,13H2,1H3,(H,21,23,27). The number of aromatic nitrogens is 4. The first-order valence-corrected chi connectivity index (χ1v) is 9.31. The molecule has 1 fully saturated rings. The molecule has 1 aliphatic rings. The summed E-state index contributed by atoms with van der Waals surface area (Å²) >= 11 is 0. The van der Waals surface area contributed by atoms with Crippen molar-refractivity contribution in [1.29, 1.82) is 0 Å². The Labute approximate surface area is 167 Å². The van der Waals surface area contributed by atoms with Crippen molar-refractivity contribution in [2.24, 2.45) is 0 Å². The van der Waals surface area contributed by atoms with Crippen molar-refractivity contribution in [2.75, 3.05) is 38.0 Å². The van der Waals surface area contributed by atoms with E-state index in [1.807, 2.05) is 35.2 Å². The van der Waals surface area contributed by atoms with Gasteiger partial charge in [-0.05, 0) is 19.1 Å². The minimum absolute atomic E-state index is 0.158. The molecule has 0 bridgehead atoms. The normalized spacial score (nSPS) is 14.7. The van der Waals surface area contributed by atoms with E-state index >= 15 is 0 Å². The van der Waals surface area contributed by atoms with E-state index in [1.54, 1.807) is 17.9 Å². The number of aryl methyl sites for hydroxylation is 1. The molecule has 4 rings (SSSR count). The van der Waals surface area contributed by atoms with E-state index in [2.05, 4.69) is 20.7 Å². The highest BCUT2D eigenvalue weighted by Gasteiger charge is 2.25. The number of nitrogens with zero attached hydrogens (tertiary/aromatic N) is 6. The Morgan fingerprint density at radius 2 is 1.90 bits per heavy atom. The predicted molar refractivity (Wildman–Crippen MR) is 104 cm³/mol. The Bertz CT molecular complexity index is 990. The van der Waals surface area contributed by atoms with Gasteiger partial charge in [0.15, 0.2) is 11.5 Å². The highest BCUT2D eigenvalue weighted by Crippen LogP contribution is 2.10. The fraction of sp³-hybridized carbons (Fsp3) is 0.316. The molecule has 29 heavy (non-hydrogen) atoms. The van der Waals surface area contributed by atoms with Crippen LogP contribution in [-0.4, -0.2) is 74.5 Å². The molecule has 1 N–H and O–H groups in total. The van der Waals surface area contributed by atoms with Crippen LogP contribution in [0.5, 0.6) is 0 Å². The third kappa shape index (κ3) is 4.49. The van der Waals surface area contributed by atoms with Crippen LogP contribution in [0.15, 0.2) is 47.1 Å². The molecule has 1 aliphatic heterocycles. The van der Waals surface area contributed by atoms with Crippen LogP contribution >= 0.6 is 0 Å². The summed E-state index contributed by atoms with van der Waals surface area (Å²) < 4.78 is 4.93. The van der Waals surface area contributed by atoms with Gasteiger partial charge in [0.05, 0.1) is 18.4 Å². The van der Waals surface area contributed by atoms with Gasteiger partial charge in [-0.2, -0.15) is 9.90 Å². The van der Waals surface area contributed by atoms with Crippen LogP contribution in [-0.2, 0) is 4.79 Å². The van der Waals surface area contributed by atoms with Crippen molar-refractivity contribution in [1.82, 2.24) is 30.0 Å². The Balaban J connectivity index is 1.28. The number of amides is 2. The summed E-state index contributed by atoms with van der Waals surface area (Å²) in [5.74, 6) is 0.720. The molecular weight excluding hydrogens is 374 g/mol. The number of hydrogen-bond acceptors (Lipinski definition) is 7. The van der Waals surface area contributed by atoms with Gasteiger partial charge in [0.2, 0.25) is 5.91 Å². The summed E-state index contributed by atoms with van der Waals surface area (Å²) in [4.78, 5) is 30.0. The number of benzene rings is 1. The summed E-state index contributed by atoms with van der Waals surface area (Å²) in [7, 11) is 0. The van der Waals surface area contributed by atoms with Crippen molar-refractivity contribution >= 4 is 17.6 Å². The second-order valence-electron chi connectivity index (χ2n) is 6.79.